The molecule has 9 heteroatoms. The second kappa shape index (κ2) is 9.25. The van der Waals surface area contributed by atoms with Crippen molar-refractivity contribution < 1.29 is 9.13 Å². The molecule has 174 valence electrons. The van der Waals surface area contributed by atoms with Crippen LogP contribution in [0.4, 0.5) is 10.2 Å². The lowest BCUT2D eigenvalue weighted by molar-refractivity contribution is 0.264. The first-order chi connectivity index (χ1) is 16.0. The molecule has 1 aliphatic carbocycles. The Kier molecular flexibility index (Phi) is 6.19. The van der Waals surface area contributed by atoms with Crippen molar-refractivity contribution in [3.8, 4) is 11.8 Å². The summed E-state index contributed by atoms with van der Waals surface area (Å²) < 4.78 is 21.2. The number of halogens is 2. The van der Waals surface area contributed by atoms with Crippen LogP contribution in [0.15, 0.2) is 30.6 Å². The van der Waals surface area contributed by atoms with E-state index in [1.54, 1.807) is 17.1 Å². The number of hydrogen-bond acceptors (Lipinski definition) is 6. The minimum absolute atomic E-state index is 0.0245. The molecule has 0 spiro atoms. The van der Waals surface area contributed by atoms with Gasteiger partial charge < -0.3 is 9.64 Å². The topological polar surface area (TPSA) is 69.0 Å². The first-order valence-corrected chi connectivity index (χ1v) is 12.0. The van der Waals surface area contributed by atoms with Crippen molar-refractivity contribution in [2.75, 3.05) is 18.0 Å². The van der Waals surface area contributed by atoms with Crippen LogP contribution >= 0.6 is 11.6 Å². The number of aromatic nitrogens is 5. The van der Waals surface area contributed by atoms with Gasteiger partial charge in [-0.05, 0) is 56.1 Å². The molecule has 33 heavy (non-hydrogen) atoms. The Balaban J connectivity index is 1.31. The Hall–Kier alpha value is -2.74. The number of aryl methyl sites for hydroxylation is 2. The van der Waals surface area contributed by atoms with Crippen LogP contribution < -0.4 is 9.64 Å². The molecule has 1 aliphatic heterocycles. The zero-order valence-corrected chi connectivity index (χ0v) is 19.7. The van der Waals surface area contributed by atoms with Crippen LogP contribution in [-0.4, -0.2) is 37.8 Å². The molecule has 3 aromatic rings. The molecule has 2 aromatic heterocycles. The molecule has 3 heterocycles. The largest absolute Gasteiger partial charge is 0.424 e. The fourth-order valence-electron chi connectivity index (χ4n) is 5.22. The van der Waals surface area contributed by atoms with E-state index in [1.165, 1.54) is 25.0 Å². The van der Waals surface area contributed by atoms with Crippen LogP contribution in [0.3, 0.4) is 0 Å². The average Bonchev–Trinajstić information content (AvgIpc) is 3.26. The van der Waals surface area contributed by atoms with Gasteiger partial charge in [-0.2, -0.15) is 10.1 Å². The molecule has 0 amide bonds. The third-order valence-corrected chi connectivity index (χ3v) is 7.07. The predicted octanol–water partition coefficient (Wildman–Crippen LogP) is 5.08. The van der Waals surface area contributed by atoms with E-state index in [-0.39, 0.29) is 5.02 Å². The number of fused-ring (bicyclic) bond motifs is 2. The monoisotopic (exact) mass is 470 g/mol. The lowest BCUT2D eigenvalue weighted by Crippen LogP contribution is -2.43. The molecule has 2 aliphatic rings. The zero-order valence-electron chi connectivity index (χ0n) is 18.9. The number of benzene rings is 1. The summed E-state index contributed by atoms with van der Waals surface area (Å²) in [5.41, 5.74) is 0.995. The van der Waals surface area contributed by atoms with Gasteiger partial charge in [0.2, 0.25) is 0 Å². The molecule has 2 fully saturated rings. The van der Waals surface area contributed by atoms with Crippen molar-refractivity contribution in [1.29, 1.82) is 0 Å². The predicted molar refractivity (Wildman–Crippen MR) is 124 cm³/mol. The molecule has 1 saturated heterocycles. The fraction of sp³-hybridized carbons (Fsp3) is 0.500. The fourth-order valence-corrected chi connectivity index (χ4v) is 5.39. The van der Waals surface area contributed by atoms with E-state index in [0.29, 0.717) is 36.1 Å². The molecule has 7 nitrogen and oxygen atoms in total. The summed E-state index contributed by atoms with van der Waals surface area (Å²) in [4.78, 5) is 15.8. The highest BCUT2D eigenvalue weighted by atomic mass is 35.5. The van der Waals surface area contributed by atoms with Crippen LogP contribution in [-0.2, 0) is 13.0 Å². The number of nitrogens with zero attached hydrogens (tertiary/aromatic N) is 6. The Morgan fingerprint density at radius 1 is 1.15 bits per heavy atom. The maximum atomic E-state index is 13.5. The van der Waals surface area contributed by atoms with Crippen molar-refractivity contribution in [3.05, 3.63) is 53.0 Å². The molecule has 1 saturated carbocycles. The molecule has 0 N–H and O–H groups in total. The summed E-state index contributed by atoms with van der Waals surface area (Å²) in [6.45, 7) is 6.81. The van der Waals surface area contributed by atoms with Crippen molar-refractivity contribution >= 4 is 17.4 Å². The minimum atomic E-state index is -0.473. The number of anilines is 1. The van der Waals surface area contributed by atoms with Crippen molar-refractivity contribution in [3.63, 3.8) is 0 Å². The smallest absolute Gasteiger partial charge is 0.320 e. The van der Waals surface area contributed by atoms with Gasteiger partial charge in [0.15, 0.2) is 5.82 Å². The first kappa shape index (κ1) is 22.1. The van der Waals surface area contributed by atoms with Gasteiger partial charge in [0.05, 0.1) is 5.02 Å². The summed E-state index contributed by atoms with van der Waals surface area (Å²) in [6.07, 6.45) is 5.85. The summed E-state index contributed by atoms with van der Waals surface area (Å²) in [6, 6.07) is 6.81. The summed E-state index contributed by atoms with van der Waals surface area (Å²) >= 11 is 5.91. The van der Waals surface area contributed by atoms with E-state index in [1.807, 2.05) is 6.92 Å². The van der Waals surface area contributed by atoms with E-state index >= 15 is 0 Å². The number of hydrogen-bond donors (Lipinski definition) is 0. The summed E-state index contributed by atoms with van der Waals surface area (Å²) in [7, 11) is 0. The highest BCUT2D eigenvalue weighted by Crippen LogP contribution is 2.44. The molecule has 2 bridgehead atoms. The second-order valence-electron chi connectivity index (χ2n) is 9.10. The Morgan fingerprint density at radius 3 is 2.64 bits per heavy atom. The van der Waals surface area contributed by atoms with E-state index < -0.39 is 5.82 Å². The quantitative estimate of drug-likeness (QED) is 0.479. The molecule has 5 rings (SSSR count). The molecule has 1 unspecified atom stereocenters. The SMILES string of the molecule is CCCn1nc(CC2[C@@H]3CC[C@H]2CN(c2cc(C)ncn2)C3)nc1Oc1ccc(F)c(Cl)c1. The Bertz CT molecular complexity index is 1120. The molecular formula is C24H28ClFN6O. The number of rotatable bonds is 7. The van der Waals surface area contributed by atoms with Crippen molar-refractivity contribution in [2.45, 2.75) is 46.1 Å². The molecule has 0 radical (unpaired) electrons. The normalized spacial score (nSPS) is 22.1. The summed E-state index contributed by atoms with van der Waals surface area (Å²) in [5, 5.41) is 4.78. The maximum Gasteiger partial charge on any atom is 0.320 e. The highest BCUT2D eigenvalue weighted by molar-refractivity contribution is 6.30. The second-order valence-corrected chi connectivity index (χ2v) is 9.51. The van der Waals surface area contributed by atoms with Crippen LogP contribution in [0.5, 0.6) is 11.8 Å². The van der Waals surface area contributed by atoms with Crippen molar-refractivity contribution in [1.82, 2.24) is 24.7 Å². The van der Waals surface area contributed by atoms with Gasteiger partial charge in [-0.1, -0.05) is 18.5 Å². The maximum absolute atomic E-state index is 13.5. The third-order valence-electron chi connectivity index (χ3n) is 6.78. The van der Waals surface area contributed by atoms with E-state index in [4.69, 9.17) is 26.4 Å². The van der Waals surface area contributed by atoms with E-state index in [9.17, 15) is 4.39 Å². The van der Waals surface area contributed by atoms with Gasteiger partial charge in [0, 0.05) is 43.9 Å². The van der Waals surface area contributed by atoms with Crippen LogP contribution in [0.25, 0.3) is 0 Å². The van der Waals surface area contributed by atoms with E-state index in [0.717, 1.165) is 43.3 Å². The van der Waals surface area contributed by atoms with Gasteiger partial charge in [0.25, 0.3) is 0 Å². The highest BCUT2D eigenvalue weighted by Gasteiger charge is 2.42. The Morgan fingerprint density at radius 2 is 1.94 bits per heavy atom. The van der Waals surface area contributed by atoms with E-state index in [2.05, 4.69) is 27.9 Å². The van der Waals surface area contributed by atoms with Gasteiger partial charge in [-0.15, -0.1) is 0 Å². The number of piperidine rings is 1. The standard InChI is InChI=1S/C24H28ClFN6O/c1-3-8-32-24(33-18-6-7-21(26)20(25)10-18)29-22(30-32)11-19-16-4-5-17(19)13-31(12-16)23-9-15(2)27-14-28-23/h6-7,9-10,14,16-17,19H,3-5,8,11-13H2,1-2H3/t16-,17+,19?. The van der Waals surface area contributed by atoms with Crippen molar-refractivity contribution in [2.24, 2.45) is 17.8 Å². The minimum Gasteiger partial charge on any atom is -0.424 e. The molecule has 1 aromatic carbocycles. The lowest BCUT2D eigenvalue weighted by atomic mass is 9.82. The summed E-state index contributed by atoms with van der Waals surface area (Å²) in [5.74, 6) is 3.55. The van der Waals surface area contributed by atoms with Crippen LogP contribution in [0.2, 0.25) is 5.02 Å². The van der Waals surface area contributed by atoms with Gasteiger partial charge in [0.1, 0.15) is 23.7 Å². The van der Waals surface area contributed by atoms with Gasteiger partial charge in [-0.3, -0.25) is 0 Å². The van der Waals surface area contributed by atoms with Gasteiger partial charge >= 0.3 is 6.01 Å². The Labute approximate surface area is 198 Å². The van der Waals surface area contributed by atoms with Crippen LogP contribution in [0, 0.1) is 30.5 Å². The number of ether oxygens (including phenoxy) is 1. The zero-order chi connectivity index (χ0) is 22.9. The third kappa shape index (κ3) is 4.67. The average molecular weight is 471 g/mol. The van der Waals surface area contributed by atoms with Gasteiger partial charge in [-0.25, -0.2) is 19.0 Å². The molecular weight excluding hydrogens is 443 g/mol. The van der Waals surface area contributed by atoms with Crippen LogP contribution in [0.1, 0.15) is 37.7 Å². The lowest BCUT2D eigenvalue weighted by Gasteiger charge is -2.38. The molecule has 3 atom stereocenters. The first-order valence-electron chi connectivity index (χ1n) is 11.6.